The summed E-state index contributed by atoms with van der Waals surface area (Å²) in [7, 11) is 0. The molecule has 0 fully saturated rings. The predicted octanol–water partition coefficient (Wildman–Crippen LogP) is 15.3. The maximum absolute atomic E-state index is 12.2. The van der Waals surface area contributed by atoms with Crippen LogP contribution in [-0.2, 0) is 35.7 Å². The zero-order valence-electron chi connectivity index (χ0n) is 42.8. The number of hydrogen-bond donors (Lipinski definition) is 1. The molecule has 1 N–H and O–H groups in total. The number of allylic oxidation sites excluding steroid dienone is 2. The summed E-state index contributed by atoms with van der Waals surface area (Å²) in [4.78, 5) is 20.5. The summed E-state index contributed by atoms with van der Waals surface area (Å²) in [5.41, 5.74) is 10.0. The second-order valence-electron chi connectivity index (χ2n) is 18.1. The van der Waals surface area contributed by atoms with E-state index in [1.165, 1.54) is 11.1 Å². The Bertz CT molecular complexity index is 2530. The van der Waals surface area contributed by atoms with Crippen molar-refractivity contribution < 1.29 is 44.3 Å². The number of carbonyl (C=O) groups is 1. The Hall–Kier alpha value is -4.58. The van der Waals surface area contributed by atoms with Crippen molar-refractivity contribution in [1.29, 1.82) is 0 Å². The number of nitrogens with zero attached hydrogens (tertiary/aromatic N) is 2. The number of ketones is 1. The van der Waals surface area contributed by atoms with Crippen LogP contribution in [0.5, 0.6) is 0 Å². The molecule has 1 atom stereocenters. The first kappa shape index (κ1) is 45.4. The van der Waals surface area contributed by atoms with Gasteiger partial charge in [0, 0.05) is 56.8 Å². The van der Waals surface area contributed by atoms with E-state index in [1.807, 2.05) is 77.9 Å². The second kappa shape index (κ2) is 22.7. The fourth-order valence-electron chi connectivity index (χ4n) is 7.09. The Balaban J connectivity index is 0.000000266. The molecule has 4 nitrogen and oxygen atoms in total. The first-order valence-corrected chi connectivity index (χ1v) is 21.4. The molecule has 4 aromatic carbocycles. The molecule has 0 saturated carbocycles. The number of carbonyl (C=O) groups excluding carboxylic acids is 1. The van der Waals surface area contributed by atoms with Crippen LogP contribution in [0.2, 0.25) is 0 Å². The summed E-state index contributed by atoms with van der Waals surface area (Å²) in [6.45, 7) is 26.7. The first-order valence-electron chi connectivity index (χ1n) is 23.4. The first-order chi connectivity index (χ1) is 30.3. The molecule has 0 amide bonds. The summed E-state index contributed by atoms with van der Waals surface area (Å²) < 4.78 is 57.0. The number of aliphatic hydroxyl groups excluding tert-OH is 1. The summed E-state index contributed by atoms with van der Waals surface area (Å²) in [6, 6.07) is 27.6. The third-order valence-electron chi connectivity index (χ3n) is 10.9. The minimum atomic E-state index is -2.46. The van der Waals surface area contributed by atoms with Crippen molar-refractivity contribution in [3.63, 3.8) is 0 Å². The molecule has 0 spiro atoms. The molecule has 0 saturated heterocycles. The largest absolute Gasteiger partial charge is 0.512 e. The average molecular weight is 1020 g/mol. The maximum atomic E-state index is 12.2. The van der Waals surface area contributed by atoms with Gasteiger partial charge in [-0.25, -0.2) is 8.78 Å². The normalized spacial score (nSPS) is 13.3. The number of aromatic nitrogens is 2. The van der Waals surface area contributed by atoms with E-state index < -0.39 is 18.8 Å². The molecule has 2 aromatic heterocycles. The third kappa shape index (κ3) is 14.2. The van der Waals surface area contributed by atoms with Crippen molar-refractivity contribution >= 4 is 27.3 Å². The Kier molecular flexibility index (Phi) is 16.6. The van der Waals surface area contributed by atoms with Crippen LogP contribution in [0, 0.1) is 51.7 Å². The van der Waals surface area contributed by atoms with E-state index in [2.05, 4.69) is 87.9 Å². The van der Waals surface area contributed by atoms with E-state index >= 15 is 0 Å². The Morgan fingerprint density at radius 1 is 0.694 bits per heavy atom. The minimum Gasteiger partial charge on any atom is -0.512 e. The van der Waals surface area contributed by atoms with Crippen LogP contribution < -0.4 is 0 Å². The SMILES string of the molecule is CCC(CC)C(=O)/C=C(\O)C(CC)CC(F)F.[2H]c1nc(-c2[c-]c(C)cc(C(C)(C)C)c2)c2ccc(C)cc2c1[2H].[2H]c1nc(-c2[c-]c(C)cc(C(C)(C)C)c2)c2ccc(C)cc2c1[2H].[Ir]. The van der Waals surface area contributed by atoms with Crippen molar-refractivity contribution in [3.8, 4) is 22.5 Å². The molecule has 0 aliphatic rings. The summed E-state index contributed by atoms with van der Waals surface area (Å²) in [5.74, 6) is -1.11. The number of fused-ring (bicyclic) bond motifs is 2. The molecule has 1 radical (unpaired) electrons. The number of aliphatic hydroxyl groups is 1. The van der Waals surface area contributed by atoms with Crippen molar-refractivity contribution in [2.75, 3.05) is 0 Å². The second-order valence-corrected chi connectivity index (χ2v) is 18.1. The molecule has 2 heterocycles. The summed E-state index contributed by atoms with van der Waals surface area (Å²) in [5, 5.41) is 13.0. The molecular formula is C55H66F2IrN2O2-2. The molecule has 0 bridgehead atoms. The maximum Gasteiger partial charge on any atom is 0.239 e. The van der Waals surface area contributed by atoms with Crippen LogP contribution in [0.15, 0.2) is 96.9 Å². The van der Waals surface area contributed by atoms with E-state index in [0.29, 0.717) is 19.3 Å². The zero-order valence-corrected chi connectivity index (χ0v) is 41.1. The third-order valence-corrected chi connectivity index (χ3v) is 10.9. The van der Waals surface area contributed by atoms with Gasteiger partial charge in [-0.3, -0.25) is 4.79 Å². The summed E-state index contributed by atoms with van der Waals surface area (Å²) in [6.07, 6.45) is 0.103. The van der Waals surface area contributed by atoms with Crippen molar-refractivity contribution in [1.82, 2.24) is 9.97 Å². The number of pyridine rings is 2. The minimum absolute atomic E-state index is 0. The molecule has 62 heavy (non-hydrogen) atoms. The topological polar surface area (TPSA) is 63.1 Å². The zero-order chi connectivity index (χ0) is 48.7. The van der Waals surface area contributed by atoms with Crippen LogP contribution in [0.3, 0.4) is 0 Å². The molecule has 6 aromatic rings. The van der Waals surface area contributed by atoms with Gasteiger partial charge in [0.05, 0.1) is 11.2 Å². The Morgan fingerprint density at radius 3 is 1.45 bits per heavy atom. The molecule has 0 aliphatic carbocycles. The van der Waals surface area contributed by atoms with Gasteiger partial charge in [0.2, 0.25) is 6.43 Å². The van der Waals surface area contributed by atoms with Crippen LogP contribution in [-0.4, -0.2) is 27.3 Å². The van der Waals surface area contributed by atoms with E-state index in [9.17, 15) is 18.7 Å². The van der Waals surface area contributed by atoms with E-state index in [0.717, 1.165) is 72.4 Å². The number of rotatable bonds is 10. The van der Waals surface area contributed by atoms with E-state index in [4.69, 9.17) is 5.48 Å². The molecule has 333 valence electrons. The predicted molar refractivity (Wildman–Crippen MR) is 253 cm³/mol. The van der Waals surface area contributed by atoms with Gasteiger partial charge in [-0.15, -0.1) is 69.8 Å². The Labute approximate surface area is 389 Å². The number of halogens is 2. The fourth-order valence-corrected chi connectivity index (χ4v) is 7.09. The van der Waals surface area contributed by atoms with E-state index in [1.54, 1.807) is 6.92 Å². The number of aryl methyl sites for hydroxylation is 4. The monoisotopic (exact) mass is 1020 g/mol. The van der Waals surface area contributed by atoms with Crippen LogP contribution in [0.25, 0.3) is 44.1 Å². The quantitative estimate of drug-likeness (QED) is 0.0844. The van der Waals surface area contributed by atoms with Crippen molar-refractivity contribution in [2.24, 2.45) is 11.8 Å². The van der Waals surface area contributed by atoms with Crippen LogP contribution >= 0.6 is 0 Å². The van der Waals surface area contributed by atoms with E-state index in [-0.39, 0.29) is 72.8 Å². The molecule has 1 unspecified atom stereocenters. The number of hydrogen-bond acceptors (Lipinski definition) is 4. The van der Waals surface area contributed by atoms with Crippen molar-refractivity contribution in [3.05, 3.63) is 142 Å². The van der Waals surface area contributed by atoms with Crippen LogP contribution in [0.4, 0.5) is 8.78 Å². The van der Waals surface area contributed by atoms with Gasteiger partial charge < -0.3 is 15.1 Å². The van der Waals surface area contributed by atoms with Gasteiger partial charge in [0.15, 0.2) is 5.78 Å². The van der Waals surface area contributed by atoms with Gasteiger partial charge in [-0.05, 0) is 89.0 Å². The van der Waals surface area contributed by atoms with Crippen molar-refractivity contribution in [2.45, 2.75) is 133 Å². The van der Waals surface area contributed by atoms with Gasteiger partial charge >= 0.3 is 0 Å². The van der Waals surface area contributed by atoms with Gasteiger partial charge in [-0.1, -0.05) is 124 Å². The van der Waals surface area contributed by atoms with Gasteiger partial charge in [-0.2, -0.15) is 0 Å². The number of benzene rings is 4. The Morgan fingerprint density at radius 2 is 1.10 bits per heavy atom. The fraction of sp³-hybridized carbons (Fsp3) is 0.400. The molecule has 7 heteroatoms. The summed E-state index contributed by atoms with van der Waals surface area (Å²) >= 11 is 0. The molecule has 6 rings (SSSR count). The molecule has 0 aliphatic heterocycles. The number of alkyl halides is 2. The smallest absolute Gasteiger partial charge is 0.239 e. The van der Waals surface area contributed by atoms with Crippen LogP contribution in [0.1, 0.15) is 127 Å². The van der Waals surface area contributed by atoms with Gasteiger partial charge in [0.25, 0.3) is 0 Å². The molecular weight excluding hydrogens is 951 g/mol. The average Bonchev–Trinajstić information content (AvgIpc) is 3.22. The van der Waals surface area contributed by atoms with Gasteiger partial charge in [0.1, 0.15) is 0 Å². The standard InChI is InChI=1S/2C21H22N.C13H22F2O2.Ir/c2*1-14-6-7-19-16(10-14)8-9-22-20(19)17-11-15(2)12-18(13-17)21(3,4)5;1-4-9(5-2)11(16)8-12(17)10(6-3)7-13(14)15;/h2*6-10,12-13H,1-5H3;8-10,13,17H,4-7H2,1-3H3;/q2*-1;;/b;;12-8-;/i2*8D,9D;;.